The average molecular weight is 853 g/mol. The van der Waals surface area contributed by atoms with E-state index in [4.69, 9.17) is 9.84 Å². The van der Waals surface area contributed by atoms with E-state index in [1.165, 1.54) is 4.31 Å². The van der Waals surface area contributed by atoms with Crippen molar-refractivity contribution >= 4 is 26.0 Å². The first kappa shape index (κ1) is 45.2. The maximum absolute atomic E-state index is 15.8. The van der Waals surface area contributed by atoms with Gasteiger partial charge >= 0.3 is 6.09 Å². The standard InChI is InChI=1S/C45H68N6O6S2/c1-33(2)32-50(59(55,56)40-20-18-36(19-21-40)30-47-31-37-22-28-49(29-23-37)43(52)57-44(5,6)7)42(45(24-26-46-27-25-45)38-14-10-8-11-15-38)58(53,54)41-34(3)48-51(35(41)4)39-16-12-9-13-17-39/h8,10-11,14-15,18-21,33,37,39,42,46-47H,9,12-13,16-17,22-32H2,1-7H3. The zero-order valence-corrected chi connectivity index (χ0v) is 38.0. The number of hydrogen-bond acceptors (Lipinski definition) is 9. The summed E-state index contributed by atoms with van der Waals surface area (Å²) in [4.78, 5) is 14.5. The molecule has 1 unspecified atom stereocenters. The van der Waals surface area contributed by atoms with Crippen LogP contribution in [0.1, 0.15) is 121 Å². The minimum absolute atomic E-state index is 0.0269. The van der Waals surface area contributed by atoms with Crippen molar-refractivity contribution in [1.29, 1.82) is 0 Å². The Hall–Kier alpha value is -3.30. The van der Waals surface area contributed by atoms with Crippen LogP contribution in [0.2, 0.25) is 0 Å². The fourth-order valence-corrected chi connectivity index (χ4v) is 14.5. The lowest BCUT2D eigenvalue weighted by molar-refractivity contribution is 0.0184. The summed E-state index contributed by atoms with van der Waals surface area (Å²) in [6.07, 6.45) is 7.58. The van der Waals surface area contributed by atoms with Gasteiger partial charge in [-0.15, -0.1) is 0 Å². The molecule has 3 aromatic rings. The number of hydrogen-bond donors (Lipinski definition) is 2. The van der Waals surface area contributed by atoms with Gasteiger partial charge in [0, 0.05) is 31.6 Å². The maximum atomic E-state index is 15.8. The van der Waals surface area contributed by atoms with Crippen molar-refractivity contribution < 1.29 is 26.4 Å². The van der Waals surface area contributed by atoms with E-state index in [-0.39, 0.29) is 34.4 Å². The summed E-state index contributed by atoms with van der Waals surface area (Å²) in [6, 6.07) is 16.7. The van der Waals surface area contributed by atoms with E-state index in [9.17, 15) is 4.79 Å². The molecule has 3 fully saturated rings. The van der Waals surface area contributed by atoms with Gasteiger partial charge in [-0.3, -0.25) is 4.68 Å². The molecular formula is C45H68N6O6S2. The first-order valence-electron chi connectivity index (χ1n) is 21.8. The van der Waals surface area contributed by atoms with E-state index in [1.54, 1.807) is 24.0 Å². The molecule has 3 heterocycles. The quantitative estimate of drug-likeness (QED) is 0.169. The molecule has 14 heteroatoms. The van der Waals surface area contributed by atoms with Gasteiger partial charge in [0.25, 0.3) is 0 Å². The number of ether oxygens (including phenoxy) is 1. The number of nitrogens with zero attached hydrogens (tertiary/aromatic N) is 4. The second kappa shape index (κ2) is 18.8. The summed E-state index contributed by atoms with van der Waals surface area (Å²) < 4.78 is 71.0. The smallest absolute Gasteiger partial charge is 0.410 e. The van der Waals surface area contributed by atoms with Gasteiger partial charge in [0.05, 0.1) is 22.3 Å². The van der Waals surface area contributed by atoms with E-state index < -0.39 is 36.3 Å². The Morgan fingerprint density at radius 3 is 2.15 bits per heavy atom. The van der Waals surface area contributed by atoms with Crippen LogP contribution in [0, 0.1) is 25.7 Å². The molecule has 0 bridgehead atoms. The zero-order chi connectivity index (χ0) is 42.6. The minimum atomic E-state index is -4.37. The van der Waals surface area contributed by atoms with Crippen LogP contribution in [-0.4, -0.2) is 92.2 Å². The van der Waals surface area contributed by atoms with Crippen LogP contribution in [0.5, 0.6) is 0 Å². The SMILES string of the molecule is Cc1nn(C2CCCCC2)c(C)c1S(=O)(=O)C(N(CC(C)C)S(=O)(=O)c1ccc(CNCC2CCN(C(=O)OC(C)(C)C)CC2)cc1)C1(c2ccccc2)CCNCC1. The van der Waals surface area contributed by atoms with E-state index in [1.807, 2.05) is 88.7 Å². The fraction of sp³-hybridized carbons (Fsp3) is 0.644. The van der Waals surface area contributed by atoms with Gasteiger partial charge in [-0.1, -0.05) is 75.6 Å². The number of amides is 1. The van der Waals surface area contributed by atoms with Crippen molar-refractivity contribution in [2.24, 2.45) is 11.8 Å². The molecule has 1 aliphatic carbocycles. The highest BCUT2D eigenvalue weighted by Crippen LogP contribution is 2.46. The van der Waals surface area contributed by atoms with Crippen LogP contribution in [-0.2, 0) is 36.6 Å². The Morgan fingerprint density at radius 2 is 1.56 bits per heavy atom. The highest BCUT2D eigenvalue weighted by Gasteiger charge is 2.56. The molecule has 2 aliphatic heterocycles. The summed E-state index contributed by atoms with van der Waals surface area (Å²) in [5.74, 6) is 0.245. The molecule has 1 amide bonds. The van der Waals surface area contributed by atoms with E-state index in [0.29, 0.717) is 62.9 Å². The van der Waals surface area contributed by atoms with Gasteiger partial charge in [0.2, 0.25) is 10.0 Å². The van der Waals surface area contributed by atoms with Crippen LogP contribution in [0.4, 0.5) is 4.79 Å². The molecule has 1 atom stereocenters. The molecule has 12 nitrogen and oxygen atoms in total. The van der Waals surface area contributed by atoms with Crippen LogP contribution < -0.4 is 10.6 Å². The number of carbonyl (C=O) groups is 1. The third-order valence-corrected chi connectivity index (χ3v) is 16.9. The average Bonchev–Trinajstić information content (AvgIpc) is 3.52. The van der Waals surface area contributed by atoms with Crippen molar-refractivity contribution in [1.82, 2.24) is 29.6 Å². The molecule has 0 spiro atoms. The second-order valence-corrected chi connectivity index (χ2v) is 22.4. The predicted molar refractivity (Wildman–Crippen MR) is 232 cm³/mol. The molecule has 0 radical (unpaired) electrons. The van der Waals surface area contributed by atoms with Gasteiger partial charge in [-0.05, 0) is 128 Å². The molecule has 2 saturated heterocycles. The fourth-order valence-electron chi connectivity index (χ4n) is 9.56. The van der Waals surface area contributed by atoms with Gasteiger partial charge in [0.15, 0.2) is 9.84 Å². The predicted octanol–water partition coefficient (Wildman–Crippen LogP) is 7.51. The Labute approximate surface area is 353 Å². The van der Waals surface area contributed by atoms with Crippen molar-refractivity contribution in [3.8, 4) is 0 Å². The van der Waals surface area contributed by atoms with Crippen molar-refractivity contribution in [3.05, 3.63) is 77.1 Å². The lowest BCUT2D eigenvalue weighted by Gasteiger charge is -2.48. The van der Waals surface area contributed by atoms with Crippen LogP contribution in [0.3, 0.4) is 0 Å². The van der Waals surface area contributed by atoms with Gasteiger partial charge < -0.3 is 20.3 Å². The summed E-state index contributed by atoms with van der Waals surface area (Å²) in [5.41, 5.74) is 1.20. The molecule has 59 heavy (non-hydrogen) atoms. The third-order valence-electron chi connectivity index (χ3n) is 12.4. The lowest BCUT2D eigenvalue weighted by atomic mass is 9.72. The number of piperidine rings is 2. The minimum Gasteiger partial charge on any atom is -0.444 e. The molecule has 2 aromatic carbocycles. The number of likely N-dealkylation sites (tertiary alicyclic amines) is 1. The first-order chi connectivity index (χ1) is 27.9. The number of carbonyl (C=O) groups excluding carboxylic acids is 1. The monoisotopic (exact) mass is 852 g/mol. The number of sulfone groups is 1. The van der Waals surface area contributed by atoms with Gasteiger partial charge in [-0.2, -0.15) is 9.40 Å². The topological polar surface area (TPSA) is 143 Å². The zero-order valence-electron chi connectivity index (χ0n) is 36.4. The lowest BCUT2D eigenvalue weighted by Crippen LogP contribution is -2.60. The van der Waals surface area contributed by atoms with Crippen molar-refractivity contribution in [2.45, 2.75) is 145 Å². The van der Waals surface area contributed by atoms with Gasteiger partial charge in [-0.25, -0.2) is 21.6 Å². The highest BCUT2D eigenvalue weighted by atomic mass is 32.2. The number of sulfonamides is 1. The van der Waals surface area contributed by atoms with Gasteiger partial charge in [0.1, 0.15) is 15.9 Å². The molecule has 6 rings (SSSR count). The first-order valence-corrected chi connectivity index (χ1v) is 24.8. The summed E-state index contributed by atoms with van der Waals surface area (Å²) in [6.45, 7) is 16.9. The van der Waals surface area contributed by atoms with Crippen LogP contribution in [0.15, 0.2) is 64.4 Å². The Kier molecular flexibility index (Phi) is 14.4. The Morgan fingerprint density at radius 1 is 0.932 bits per heavy atom. The Bertz CT molecular complexity index is 2080. The Balaban J connectivity index is 1.30. The summed E-state index contributed by atoms with van der Waals surface area (Å²) in [7, 11) is -8.73. The van der Waals surface area contributed by atoms with E-state index >= 15 is 16.8 Å². The number of rotatable bonds is 14. The van der Waals surface area contributed by atoms with Crippen LogP contribution >= 0.6 is 0 Å². The molecular weight excluding hydrogens is 785 g/mol. The number of benzene rings is 2. The highest BCUT2D eigenvalue weighted by molar-refractivity contribution is 7.94. The molecule has 1 saturated carbocycles. The second-order valence-electron chi connectivity index (χ2n) is 18.6. The number of aromatic nitrogens is 2. The maximum Gasteiger partial charge on any atom is 0.410 e. The number of nitrogens with one attached hydrogen (secondary N) is 2. The molecule has 1 aromatic heterocycles. The molecule has 3 aliphatic rings. The normalized spacial score (nSPS) is 19.3. The van der Waals surface area contributed by atoms with Crippen molar-refractivity contribution in [2.75, 3.05) is 39.3 Å². The molecule has 326 valence electrons. The third kappa shape index (κ3) is 10.3. The molecule has 2 N–H and O–H groups in total. The van der Waals surface area contributed by atoms with Crippen LogP contribution in [0.25, 0.3) is 0 Å². The summed E-state index contributed by atoms with van der Waals surface area (Å²) in [5, 5.41) is 10.4. The van der Waals surface area contributed by atoms with E-state index in [0.717, 1.165) is 62.6 Å². The summed E-state index contributed by atoms with van der Waals surface area (Å²) >= 11 is 0. The number of aryl methyl sites for hydroxylation is 1. The van der Waals surface area contributed by atoms with Crippen molar-refractivity contribution in [3.63, 3.8) is 0 Å². The largest absolute Gasteiger partial charge is 0.444 e. The van der Waals surface area contributed by atoms with E-state index in [2.05, 4.69) is 10.6 Å².